The molecular weight excluding hydrogens is 418 g/mol. The third-order valence-corrected chi connectivity index (χ3v) is 6.55. The summed E-state index contributed by atoms with van der Waals surface area (Å²) in [4.78, 5) is 15.4. The summed E-state index contributed by atoms with van der Waals surface area (Å²) in [6.45, 7) is 5.57. The number of aromatic nitrogens is 3. The van der Waals surface area contributed by atoms with Gasteiger partial charge in [0.15, 0.2) is 11.6 Å². The van der Waals surface area contributed by atoms with Crippen LogP contribution in [-0.2, 0) is 11.3 Å². The van der Waals surface area contributed by atoms with Crippen molar-refractivity contribution in [2.24, 2.45) is 5.41 Å². The maximum atomic E-state index is 9.98. The molecule has 2 aromatic rings. The Labute approximate surface area is 186 Å². The van der Waals surface area contributed by atoms with E-state index in [4.69, 9.17) is 27.5 Å². The number of nitrogens with one attached hydrogen (secondary N) is 2. The Bertz CT molecular complexity index is 968. The monoisotopic (exact) mass is 445 g/mol. The Kier molecular flexibility index (Phi) is 6.27. The number of hydrogen-bond acceptors (Lipinski definition) is 9. The highest BCUT2D eigenvalue weighted by atomic mass is 35.5. The summed E-state index contributed by atoms with van der Waals surface area (Å²) in [6.07, 6.45) is 4.70. The molecule has 2 aliphatic heterocycles. The molecule has 0 saturated carbocycles. The Hall–Kier alpha value is -2.49. The maximum absolute atomic E-state index is 9.98. The zero-order chi connectivity index (χ0) is 22.0. The molecule has 0 aromatic carbocycles. The third kappa shape index (κ3) is 4.17. The first kappa shape index (κ1) is 21.7. The second-order valence-corrected chi connectivity index (χ2v) is 8.48. The number of pyridine rings is 1. The Morgan fingerprint density at radius 1 is 1.35 bits per heavy atom. The molecule has 31 heavy (non-hydrogen) atoms. The van der Waals surface area contributed by atoms with Crippen molar-refractivity contribution in [3.8, 4) is 0 Å². The van der Waals surface area contributed by atoms with Crippen LogP contribution in [0.1, 0.15) is 43.1 Å². The molecule has 4 rings (SSSR count). The summed E-state index contributed by atoms with van der Waals surface area (Å²) in [5.41, 5.74) is 7.59. The molecule has 0 atom stereocenters. The van der Waals surface area contributed by atoms with Crippen molar-refractivity contribution in [2.75, 3.05) is 48.8 Å². The molecular formula is C21H28ClN7O2. The fraction of sp³-hybridized carbons (Fsp3) is 0.524. The van der Waals surface area contributed by atoms with Gasteiger partial charge in [-0.2, -0.15) is 0 Å². The number of piperidine rings is 1. The average molecular weight is 446 g/mol. The van der Waals surface area contributed by atoms with Crippen LogP contribution in [0.15, 0.2) is 12.3 Å². The lowest BCUT2D eigenvalue weighted by molar-refractivity contribution is 0.133. The Balaban J connectivity index is 1.61. The molecule has 0 aliphatic carbocycles. The first-order chi connectivity index (χ1) is 15.0. The predicted octanol–water partition coefficient (Wildman–Crippen LogP) is 2.45. The van der Waals surface area contributed by atoms with Gasteiger partial charge < -0.3 is 25.8 Å². The van der Waals surface area contributed by atoms with Crippen LogP contribution in [0.2, 0.25) is 5.02 Å². The number of ether oxygens (including phenoxy) is 1. The van der Waals surface area contributed by atoms with Crippen LogP contribution in [0.4, 0.5) is 17.5 Å². The van der Waals surface area contributed by atoms with E-state index in [9.17, 15) is 5.11 Å². The lowest BCUT2D eigenvalue weighted by Gasteiger charge is -2.39. The molecule has 4 heterocycles. The van der Waals surface area contributed by atoms with Gasteiger partial charge in [-0.15, -0.1) is 0 Å². The number of hydrogen-bond donors (Lipinski definition) is 4. The van der Waals surface area contributed by atoms with Gasteiger partial charge >= 0.3 is 0 Å². The largest absolute Gasteiger partial charge is 0.390 e. The summed E-state index contributed by atoms with van der Waals surface area (Å²) >= 11 is 6.45. The number of anilines is 3. The van der Waals surface area contributed by atoms with Crippen LogP contribution >= 0.6 is 11.6 Å². The molecule has 5 N–H and O–H groups in total. The molecule has 0 bridgehead atoms. The molecule has 2 fully saturated rings. The fourth-order valence-electron chi connectivity index (χ4n) is 4.31. The number of aliphatic hydroxyl groups is 1. The molecule has 2 aromatic heterocycles. The second kappa shape index (κ2) is 8.94. The number of aliphatic hydroxyl groups excluding tert-OH is 1. The van der Waals surface area contributed by atoms with Gasteiger partial charge in [-0.05, 0) is 37.7 Å². The van der Waals surface area contributed by atoms with Crippen LogP contribution < -0.4 is 16.0 Å². The number of nitrogens with two attached hydrogens (primary N) is 1. The predicted molar refractivity (Wildman–Crippen MR) is 121 cm³/mol. The lowest BCUT2D eigenvalue weighted by atomic mass is 9.78. The Morgan fingerprint density at radius 2 is 2.13 bits per heavy atom. The summed E-state index contributed by atoms with van der Waals surface area (Å²) in [5.74, 6) is 1.22. The van der Waals surface area contributed by atoms with E-state index in [0.29, 0.717) is 34.5 Å². The molecule has 2 aliphatic rings. The van der Waals surface area contributed by atoms with E-state index in [2.05, 4.69) is 25.2 Å². The Morgan fingerprint density at radius 3 is 2.77 bits per heavy atom. The topological polar surface area (TPSA) is 133 Å². The lowest BCUT2D eigenvalue weighted by Crippen LogP contribution is -2.41. The van der Waals surface area contributed by atoms with E-state index >= 15 is 0 Å². The van der Waals surface area contributed by atoms with E-state index < -0.39 is 0 Å². The molecule has 0 radical (unpaired) electrons. The van der Waals surface area contributed by atoms with E-state index in [1.54, 1.807) is 12.3 Å². The van der Waals surface area contributed by atoms with Crippen molar-refractivity contribution < 1.29 is 9.84 Å². The quantitative estimate of drug-likeness (QED) is 0.498. The van der Waals surface area contributed by atoms with E-state index in [0.717, 1.165) is 45.6 Å². The second-order valence-electron chi connectivity index (χ2n) is 8.10. The van der Waals surface area contributed by atoms with Crippen LogP contribution in [0.5, 0.6) is 0 Å². The molecule has 9 nitrogen and oxygen atoms in total. The first-order valence-electron chi connectivity index (χ1n) is 10.6. The van der Waals surface area contributed by atoms with Gasteiger partial charge in [0.2, 0.25) is 0 Å². The average Bonchev–Trinajstić information content (AvgIpc) is 3.23. The van der Waals surface area contributed by atoms with Gasteiger partial charge in [0.25, 0.3) is 0 Å². The first-order valence-corrected chi connectivity index (χ1v) is 10.9. The van der Waals surface area contributed by atoms with Gasteiger partial charge in [0, 0.05) is 38.0 Å². The van der Waals surface area contributed by atoms with Gasteiger partial charge in [-0.25, -0.2) is 15.0 Å². The molecule has 10 heteroatoms. The molecule has 0 amide bonds. The zero-order valence-corrected chi connectivity index (χ0v) is 18.4. The summed E-state index contributed by atoms with van der Waals surface area (Å²) in [7, 11) is 0. The molecule has 1 spiro atoms. The van der Waals surface area contributed by atoms with E-state index in [1.807, 2.05) is 6.92 Å². The normalized spacial score (nSPS) is 17.8. The number of nitrogen functional groups attached to an aromatic ring is 1. The van der Waals surface area contributed by atoms with Crippen molar-refractivity contribution in [1.29, 1.82) is 5.41 Å². The summed E-state index contributed by atoms with van der Waals surface area (Å²) in [5, 5.41) is 22.0. The van der Waals surface area contributed by atoms with Gasteiger partial charge in [0.1, 0.15) is 17.2 Å². The minimum absolute atomic E-state index is 0.0403. The van der Waals surface area contributed by atoms with Crippen molar-refractivity contribution in [2.45, 2.75) is 32.8 Å². The highest BCUT2D eigenvalue weighted by Crippen LogP contribution is 2.40. The van der Waals surface area contributed by atoms with Crippen molar-refractivity contribution in [3.63, 3.8) is 0 Å². The summed E-state index contributed by atoms with van der Waals surface area (Å²) in [6, 6.07) is 1.65. The molecule has 166 valence electrons. The zero-order valence-electron chi connectivity index (χ0n) is 17.6. The fourth-order valence-corrected chi connectivity index (χ4v) is 4.58. The smallest absolute Gasteiger partial charge is 0.155 e. The maximum Gasteiger partial charge on any atom is 0.155 e. The van der Waals surface area contributed by atoms with E-state index in [-0.39, 0.29) is 29.2 Å². The van der Waals surface area contributed by atoms with Crippen LogP contribution in [-0.4, -0.2) is 58.6 Å². The number of rotatable bonds is 6. The van der Waals surface area contributed by atoms with Crippen molar-refractivity contribution >= 4 is 34.8 Å². The van der Waals surface area contributed by atoms with Crippen LogP contribution in [0.25, 0.3) is 0 Å². The highest BCUT2D eigenvalue weighted by molar-refractivity contribution is 6.37. The van der Waals surface area contributed by atoms with Crippen LogP contribution in [0, 0.1) is 10.8 Å². The molecule has 2 saturated heterocycles. The number of nitrogens with zero attached hydrogens (tertiary/aromatic N) is 4. The minimum Gasteiger partial charge on any atom is -0.390 e. The summed E-state index contributed by atoms with van der Waals surface area (Å²) < 4.78 is 5.61. The van der Waals surface area contributed by atoms with Crippen LogP contribution in [0.3, 0.4) is 0 Å². The standard InChI is InChI=1S/C21H28ClN7O2/c1-2-25-19-15(22)13(3-7-26-19)16(23)17-18(24)28-20(14(11-30)27-17)29-8-4-21(5-9-29)6-10-31-12-21/h3,7,23,30H,2,4-6,8-12H2,1H3,(H2,24,28)(H,25,26). The van der Waals surface area contributed by atoms with Crippen molar-refractivity contribution in [1.82, 2.24) is 15.0 Å². The minimum atomic E-state index is -0.291. The molecule has 0 unspecified atom stereocenters. The SMILES string of the molecule is CCNc1nccc(C(=N)c2nc(CO)c(N3CCC4(CCOC4)CC3)nc2N)c1Cl. The van der Waals surface area contributed by atoms with Gasteiger partial charge in [-0.1, -0.05) is 11.6 Å². The highest BCUT2D eigenvalue weighted by Gasteiger charge is 2.38. The van der Waals surface area contributed by atoms with Gasteiger partial charge in [-0.3, -0.25) is 5.41 Å². The third-order valence-electron chi connectivity index (χ3n) is 6.17. The van der Waals surface area contributed by atoms with E-state index in [1.165, 1.54) is 0 Å². The number of halogens is 1. The van der Waals surface area contributed by atoms with Gasteiger partial charge in [0.05, 0.1) is 23.9 Å². The van der Waals surface area contributed by atoms with Crippen molar-refractivity contribution in [3.05, 3.63) is 34.2 Å².